The van der Waals surface area contributed by atoms with E-state index in [1.54, 1.807) is 0 Å². The fourth-order valence-corrected chi connectivity index (χ4v) is 11.9. The number of hydrogen-bond acceptors (Lipinski definition) is 18. The second-order valence-corrected chi connectivity index (χ2v) is 26.6. The highest BCUT2D eigenvalue weighted by Crippen LogP contribution is 2.44. The van der Waals surface area contributed by atoms with Crippen molar-refractivity contribution in [2.45, 2.75) is 190 Å². The lowest BCUT2D eigenvalue weighted by atomic mass is 9.87. The van der Waals surface area contributed by atoms with Gasteiger partial charge in [-0.2, -0.15) is 54.0 Å². The summed E-state index contributed by atoms with van der Waals surface area (Å²) in [7, 11) is 0. The Morgan fingerprint density at radius 3 is 0.838 bits per heavy atom. The van der Waals surface area contributed by atoms with E-state index in [2.05, 4.69) is 0 Å². The summed E-state index contributed by atoms with van der Waals surface area (Å²) in [6.07, 6.45) is 2.03. The standard InChI is InChI=1S/3C25H28O6.2CH4.4H2S/c3*1-4-25(23(27)30-21-22(26)29-16-24(21,2)3)13-12-18-10-11-19(14-20(18)31-25)28-15-17-8-6-5-7-9-17;;;;;;/h3*5-11,14,21H,4,12-13,15-16H2,1-3H3;2*1H4;4*1H2/t21-,25?;21-,25+;21-,25-;;;;;;/m111....../s1. The molecule has 6 heterocycles. The quantitative estimate of drug-likeness (QED) is 0.0578. The van der Waals surface area contributed by atoms with Crippen LogP contribution >= 0.6 is 54.0 Å². The van der Waals surface area contributed by atoms with Crippen molar-refractivity contribution in [1.82, 2.24) is 0 Å². The summed E-state index contributed by atoms with van der Waals surface area (Å²) in [4.78, 5) is 75.7. The van der Waals surface area contributed by atoms with Crippen LogP contribution in [-0.4, -0.2) is 90.8 Å². The van der Waals surface area contributed by atoms with Gasteiger partial charge in [-0.3, -0.25) is 0 Å². The molecule has 6 aromatic carbocycles. The number of fused-ring (bicyclic) bond motifs is 3. The van der Waals surface area contributed by atoms with E-state index in [-0.39, 0.29) is 88.7 Å². The molecule has 540 valence electrons. The predicted octanol–water partition coefficient (Wildman–Crippen LogP) is 14.4. The zero-order chi connectivity index (χ0) is 66.2. The molecule has 18 nitrogen and oxygen atoms in total. The third-order valence-corrected chi connectivity index (χ3v) is 18.2. The molecule has 22 heteroatoms. The summed E-state index contributed by atoms with van der Waals surface area (Å²) in [5.41, 5.74) is 1.17. The van der Waals surface area contributed by atoms with Crippen LogP contribution in [0.4, 0.5) is 0 Å². The molecule has 3 saturated heterocycles. The van der Waals surface area contributed by atoms with Crippen LogP contribution in [0.5, 0.6) is 34.5 Å². The molecule has 0 aliphatic carbocycles. The number of aryl methyl sites for hydroxylation is 3. The first-order chi connectivity index (χ1) is 44.5. The molecule has 0 spiro atoms. The molecule has 0 aromatic heterocycles. The minimum Gasteiger partial charge on any atom is -0.489 e. The van der Waals surface area contributed by atoms with Crippen LogP contribution in [0.25, 0.3) is 0 Å². The van der Waals surface area contributed by atoms with E-state index in [1.807, 2.05) is 208 Å². The SMILES string of the molecule is C.C.CCC1(C(=O)O[C@@H]2C(=O)OCC2(C)C)CCc2ccc(OCc3ccccc3)cc2O1.CC[C@@]1(C(=O)O[C@@H]2C(=O)OCC2(C)C)CCc2ccc(OCc3ccccc3)cc2O1.CC[C@]1(C(=O)O[C@@H]2C(=O)OCC2(C)C)CCc2ccc(OCc3ccccc3)cc2O1.S.S.S.S. The number of ether oxygens (including phenoxy) is 12. The summed E-state index contributed by atoms with van der Waals surface area (Å²) in [5.74, 6) is 0.786. The number of benzene rings is 6. The largest absolute Gasteiger partial charge is 0.489 e. The third-order valence-electron chi connectivity index (χ3n) is 18.2. The van der Waals surface area contributed by atoms with Crippen molar-refractivity contribution in [1.29, 1.82) is 0 Å². The molecule has 0 saturated carbocycles. The summed E-state index contributed by atoms with van der Waals surface area (Å²) >= 11 is 0. The maximum atomic E-state index is 13.2. The predicted molar refractivity (Wildman–Crippen MR) is 396 cm³/mol. The molecular formula is C77H100O18S4. The van der Waals surface area contributed by atoms with Crippen molar-refractivity contribution in [3.63, 3.8) is 0 Å². The number of carbonyl (C=O) groups is 6. The molecule has 0 bridgehead atoms. The fraction of sp³-hybridized carbons (Fsp3) is 0.455. The highest BCUT2D eigenvalue weighted by atomic mass is 32.1. The zero-order valence-corrected chi connectivity index (χ0v) is 60.5. The molecule has 3 fully saturated rings. The second kappa shape index (κ2) is 35.6. The molecule has 6 aromatic rings. The van der Waals surface area contributed by atoms with E-state index in [0.29, 0.717) is 112 Å². The number of carbonyl (C=O) groups excluding carboxylic acids is 6. The van der Waals surface area contributed by atoms with Crippen molar-refractivity contribution in [3.8, 4) is 34.5 Å². The molecule has 6 atom stereocenters. The van der Waals surface area contributed by atoms with Crippen LogP contribution < -0.4 is 28.4 Å². The zero-order valence-electron chi connectivity index (χ0n) is 56.5. The first-order valence-corrected chi connectivity index (χ1v) is 32.1. The molecule has 0 amide bonds. The van der Waals surface area contributed by atoms with Crippen LogP contribution in [0, 0.1) is 16.2 Å². The van der Waals surface area contributed by atoms with Crippen LogP contribution in [0.2, 0.25) is 0 Å². The summed E-state index contributed by atoms with van der Waals surface area (Å²) in [6, 6.07) is 46.9. The van der Waals surface area contributed by atoms with E-state index in [9.17, 15) is 28.8 Å². The lowest BCUT2D eigenvalue weighted by Crippen LogP contribution is -2.50. The summed E-state index contributed by atoms with van der Waals surface area (Å²) < 4.78 is 68.7. The molecule has 0 radical (unpaired) electrons. The lowest BCUT2D eigenvalue weighted by molar-refractivity contribution is -0.178. The van der Waals surface area contributed by atoms with Gasteiger partial charge in [0.2, 0.25) is 35.1 Å². The van der Waals surface area contributed by atoms with Crippen molar-refractivity contribution in [3.05, 3.63) is 179 Å². The van der Waals surface area contributed by atoms with Crippen LogP contribution in [0.3, 0.4) is 0 Å². The van der Waals surface area contributed by atoms with Gasteiger partial charge in [-0.1, -0.05) is 186 Å². The van der Waals surface area contributed by atoms with Gasteiger partial charge in [-0.25, -0.2) is 28.8 Å². The number of cyclic esters (lactones) is 3. The van der Waals surface area contributed by atoms with Crippen molar-refractivity contribution in [2.24, 2.45) is 16.2 Å². The minimum atomic E-state index is -1.13. The fourth-order valence-electron chi connectivity index (χ4n) is 11.9. The van der Waals surface area contributed by atoms with Crippen molar-refractivity contribution < 1.29 is 85.6 Å². The lowest BCUT2D eigenvalue weighted by Gasteiger charge is -2.37. The summed E-state index contributed by atoms with van der Waals surface area (Å²) in [6.45, 7) is 18.8. The Hall–Kier alpha value is -7.66. The maximum Gasteiger partial charge on any atom is 0.351 e. The van der Waals surface area contributed by atoms with Gasteiger partial charge in [0.1, 0.15) is 74.1 Å². The van der Waals surface area contributed by atoms with Gasteiger partial charge in [0, 0.05) is 53.7 Å². The van der Waals surface area contributed by atoms with E-state index in [4.69, 9.17) is 56.8 Å². The Bertz CT molecular complexity index is 3300. The molecule has 99 heavy (non-hydrogen) atoms. The average Bonchev–Trinajstić information content (AvgIpc) is 1.54. The first kappa shape index (κ1) is 83.8. The van der Waals surface area contributed by atoms with Gasteiger partial charge in [0.25, 0.3) is 0 Å². The minimum absolute atomic E-state index is 0. The Morgan fingerprint density at radius 1 is 0.384 bits per heavy atom. The van der Waals surface area contributed by atoms with Crippen LogP contribution in [0.1, 0.15) is 149 Å². The van der Waals surface area contributed by atoms with E-state index in [0.717, 1.165) is 33.4 Å². The number of esters is 6. The highest BCUT2D eigenvalue weighted by molar-refractivity contribution is 7.59. The van der Waals surface area contributed by atoms with E-state index in [1.165, 1.54) is 0 Å². The molecule has 6 aliphatic rings. The van der Waals surface area contributed by atoms with Crippen LogP contribution in [0.15, 0.2) is 146 Å². The monoisotopic (exact) mass is 1440 g/mol. The van der Waals surface area contributed by atoms with Crippen molar-refractivity contribution in [2.75, 3.05) is 19.8 Å². The van der Waals surface area contributed by atoms with Gasteiger partial charge in [0.15, 0.2) is 0 Å². The Morgan fingerprint density at radius 2 is 0.626 bits per heavy atom. The Balaban J connectivity index is 0.000000306. The van der Waals surface area contributed by atoms with E-state index >= 15 is 0 Å². The summed E-state index contributed by atoms with van der Waals surface area (Å²) in [5, 5.41) is 0. The molecule has 0 N–H and O–H groups in total. The molecular weight excluding hydrogens is 1340 g/mol. The van der Waals surface area contributed by atoms with Gasteiger partial charge >= 0.3 is 35.8 Å². The normalized spacial score (nSPS) is 22.5. The van der Waals surface area contributed by atoms with Gasteiger partial charge < -0.3 is 56.8 Å². The highest BCUT2D eigenvalue weighted by Gasteiger charge is 2.55. The Kier molecular flexibility index (Phi) is 30.1. The second-order valence-electron chi connectivity index (χ2n) is 26.6. The first-order valence-electron chi connectivity index (χ1n) is 32.1. The van der Waals surface area contributed by atoms with Crippen LogP contribution in [-0.2, 0) is 96.3 Å². The van der Waals surface area contributed by atoms with Crippen molar-refractivity contribution >= 4 is 89.8 Å². The third kappa shape index (κ3) is 19.5. The van der Waals surface area contributed by atoms with E-state index < -0.39 is 87.2 Å². The molecule has 12 rings (SSSR count). The Labute approximate surface area is 611 Å². The molecule has 6 aliphatic heterocycles. The average molecular weight is 1440 g/mol. The number of rotatable bonds is 18. The van der Waals surface area contributed by atoms with Gasteiger partial charge in [0.05, 0.1) is 0 Å². The maximum absolute atomic E-state index is 13.2. The topological polar surface area (TPSA) is 213 Å². The number of hydrogen-bond donors (Lipinski definition) is 0. The van der Waals surface area contributed by atoms with Gasteiger partial charge in [-0.15, -0.1) is 0 Å². The smallest absolute Gasteiger partial charge is 0.351 e. The molecule has 1 unspecified atom stereocenters. The van der Waals surface area contributed by atoms with Gasteiger partial charge in [-0.05, 0) is 90.1 Å².